The van der Waals surface area contributed by atoms with Crippen LogP contribution in [-0.2, 0) is 19.1 Å². The first kappa shape index (κ1) is 18.0. The van der Waals surface area contributed by atoms with E-state index in [1.165, 1.54) is 25.7 Å². The van der Waals surface area contributed by atoms with E-state index in [-0.39, 0.29) is 41.4 Å². The third kappa shape index (κ3) is 3.11. The summed E-state index contributed by atoms with van der Waals surface area (Å²) in [6, 6.07) is 0. The summed E-state index contributed by atoms with van der Waals surface area (Å²) in [5, 5.41) is 0. The molecule has 0 N–H and O–H groups in total. The van der Waals surface area contributed by atoms with E-state index in [1.54, 1.807) is 0 Å². The molecular formula is C23H34O4. The molecule has 27 heavy (non-hydrogen) atoms. The third-order valence-corrected chi connectivity index (χ3v) is 8.56. The van der Waals surface area contributed by atoms with Gasteiger partial charge in [0.05, 0.1) is 11.8 Å². The van der Waals surface area contributed by atoms with Crippen LogP contribution in [0.15, 0.2) is 0 Å². The second-order valence-electron chi connectivity index (χ2n) is 9.97. The molecule has 150 valence electrons. The summed E-state index contributed by atoms with van der Waals surface area (Å²) in [4.78, 5) is 26.4. The zero-order valence-corrected chi connectivity index (χ0v) is 16.5. The highest BCUT2D eigenvalue weighted by molar-refractivity contribution is 5.84. The molecule has 4 atom stereocenters. The van der Waals surface area contributed by atoms with E-state index in [0.717, 1.165) is 64.2 Å². The van der Waals surface area contributed by atoms with Crippen LogP contribution in [-0.4, -0.2) is 24.1 Å². The fourth-order valence-corrected chi connectivity index (χ4v) is 7.14. The van der Waals surface area contributed by atoms with Gasteiger partial charge in [-0.3, -0.25) is 9.59 Å². The minimum Gasteiger partial charge on any atom is -0.462 e. The second-order valence-corrected chi connectivity index (χ2v) is 9.97. The molecule has 0 aromatic rings. The van der Waals surface area contributed by atoms with E-state index in [9.17, 15) is 9.59 Å². The number of esters is 2. The van der Waals surface area contributed by atoms with Gasteiger partial charge in [-0.2, -0.15) is 0 Å². The lowest BCUT2D eigenvalue weighted by Gasteiger charge is -2.32. The SMILES string of the molecule is O=C(OC1CCCCC1)C1C(C(=O)OC2CCCCC2)C2CCC1C21CC1. The molecule has 4 unspecified atom stereocenters. The molecule has 0 heterocycles. The van der Waals surface area contributed by atoms with Crippen LogP contribution < -0.4 is 0 Å². The average molecular weight is 375 g/mol. The van der Waals surface area contributed by atoms with Crippen molar-refractivity contribution < 1.29 is 19.1 Å². The van der Waals surface area contributed by atoms with E-state index in [2.05, 4.69) is 0 Å². The highest BCUT2D eigenvalue weighted by Crippen LogP contribution is 2.74. The summed E-state index contributed by atoms with van der Waals surface area (Å²) in [5.74, 6) is 0.107. The molecule has 5 aliphatic rings. The Bertz CT molecular complexity index is 535. The van der Waals surface area contributed by atoms with Gasteiger partial charge < -0.3 is 9.47 Å². The molecule has 5 aliphatic carbocycles. The Hall–Kier alpha value is -1.06. The van der Waals surface area contributed by atoms with E-state index in [4.69, 9.17) is 9.47 Å². The summed E-state index contributed by atoms with van der Waals surface area (Å²) in [6.45, 7) is 0. The van der Waals surface area contributed by atoms with Crippen LogP contribution in [0.1, 0.15) is 89.9 Å². The number of carbonyl (C=O) groups is 2. The zero-order valence-electron chi connectivity index (χ0n) is 16.5. The van der Waals surface area contributed by atoms with Gasteiger partial charge >= 0.3 is 11.9 Å². The standard InChI is InChI=1S/C23H34O4/c24-21(26-15-7-3-1-4-8-15)19-17-11-12-18(23(17)13-14-23)20(19)22(25)27-16-9-5-2-6-10-16/h15-20H,1-14H2. The smallest absolute Gasteiger partial charge is 0.310 e. The topological polar surface area (TPSA) is 52.6 Å². The van der Waals surface area contributed by atoms with Crippen molar-refractivity contribution in [2.45, 2.75) is 102 Å². The van der Waals surface area contributed by atoms with Crippen molar-refractivity contribution in [3.8, 4) is 0 Å². The van der Waals surface area contributed by atoms with E-state index < -0.39 is 0 Å². The fourth-order valence-electron chi connectivity index (χ4n) is 7.14. The van der Waals surface area contributed by atoms with Crippen LogP contribution in [0.25, 0.3) is 0 Å². The van der Waals surface area contributed by atoms with Gasteiger partial charge in [0, 0.05) is 0 Å². The van der Waals surface area contributed by atoms with Crippen LogP contribution >= 0.6 is 0 Å². The Balaban J connectivity index is 1.31. The van der Waals surface area contributed by atoms with E-state index >= 15 is 0 Å². The Labute approximate surface area is 162 Å². The number of hydrogen-bond donors (Lipinski definition) is 0. The summed E-state index contributed by atoms with van der Waals surface area (Å²) < 4.78 is 11.9. The Morgan fingerprint density at radius 2 is 1.00 bits per heavy atom. The molecule has 5 rings (SSSR count). The molecular weight excluding hydrogens is 340 g/mol. The number of ether oxygens (including phenoxy) is 2. The first-order valence-corrected chi connectivity index (χ1v) is 11.6. The molecule has 1 spiro atoms. The van der Waals surface area contributed by atoms with Crippen LogP contribution in [0.3, 0.4) is 0 Å². The monoisotopic (exact) mass is 374 g/mol. The maximum Gasteiger partial charge on any atom is 0.310 e. The maximum absolute atomic E-state index is 13.2. The summed E-state index contributed by atoms with van der Waals surface area (Å²) >= 11 is 0. The third-order valence-electron chi connectivity index (χ3n) is 8.56. The summed E-state index contributed by atoms with van der Waals surface area (Å²) in [5.41, 5.74) is 0.270. The first-order valence-electron chi connectivity index (χ1n) is 11.6. The molecule has 0 aliphatic heterocycles. The Morgan fingerprint density at radius 1 is 0.593 bits per heavy atom. The molecule has 5 fully saturated rings. The van der Waals surface area contributed by atoms with E-state index in [0.29, 0.717) is 11.8 Å². The van der Waals surface area contributed by atoms with Gasteiger partial charge in [0.2, 0.25) is 0 Å². The van der Waals surface area contributed by atoms with Crippen molar-refractivity contribution in [2.75, 3.05) is 0 Å². The van der Waals surface area contributed by atoms with Crippen molar-refractivity contribution in [3.05, 3.63) is 0 Å². The molecule has 0 aromatic carbocycles. The lowest BCUT2D eigenvalue weighted by Crippen LogP contribution is -2.39. The summed E-state index contributed by atoms with van der Waals surface area (Å²) in [6.07, 6.45) is 15.9. The number of carbonyl (C=O) groups excluding carboxylic acids is 2. The van der Waals surface area contributed by atoms with E-state index in [1.807, 2.05) is 0 Å². The average Bonchev–Trinajstić information content (AvgIpc) is 3.36. The Morgan fingerprint density at radius 3 is 1.37 bits per heavy atom. The van der Waals surface area contributed by atoms with Crippen molar-refractivity contribution in [2.24, 2.45) is 29.1 Å². The predicted molar refractivity (Wildman–Crippen MR) is 101 cm³/mol. The quantitative estimate of drug-likeness (QED) is 0.664. The molecule has 4 heteroatoms. The van der Waals surface area contributed by atoms with Crippen molar-refractivity contribution in [3.63, 3.8) is 0 Å². The van der Waals surface area contributed by atoms with Crippen LogP contribution in [0, 0.1) is 29.1 Å². The molecule has 0 aromatic heterocycles. The molecule has 0 amide bonds. The van der Waals surface area contributed by atoms with Crippen molar-refractivity contribution in [1.29, 1.82) is 0 Å². The van der Waals surface area contributed by atoms with Crippen LogP contribution in [0.4, 0.5) is 0 Å². The highest BCUT2D eigenvalue weighted by atomic mass is 16.6. The number of rotatable bonds is 4. The number of hydrogen-bond acceptors (Lipinski definition) is 4. The second kappa shape index (κ2) is 7.08. The van der Waals surface area contributed by atoms with Gasteiger partial charge in [0.15, 0.2) is 0 Å². The Kier molecular flexibility index (Phi) is 4.72. The van der Waals surface area contributed by atoms with Gasteiger partial charge in [-0.1, -0.05) is 12.8 Å². The molecule has 0 saturated heterocycles. The predicted octanol–water partition coefficient (Wildman–Crippen LogP) is 4.79. The molecule has 0 radical (unpaired) electrons. The minimum absolute atomic E-state index is 0.0778. The van der Waals surface area contributed by atoms with Gasteiger partial charge in [-0.15, -0.1) is 0 Å². The van der Waals surface area contributed by atoms with Gasteiger partial charge in [0.25, 0.3) is 0 Å². The largest absolute Gasteiger partial charge is 0.462 e. The maximum atomic E-state index is 13.2. The molecule has 4 nitrogen and oxygen atoms in total. The highest BCUT2D eigenvalue weighted by Gasteiger charge is 2.72. The fraction of sp³-hybridized carbons (Fsp3) is 0.913. The van der Waals surface area contributed by atoms with Crippen LogP contribution in [0.5, 0.6) is 0 Å². The minimum atomic E-state index is -0.232. The van der Waals surface area contributed by atoms with Crippen molar-refractivity contribution in [1.82, 2.24) is 0 Å². The normalized spacial score (nSPS) is 38.1. The lowest BCUT2D eigenvalue weighted by molar-refractivity contribution is -0.170. The first-order chi connectivity index (χ1) is 13.2. The van der Waals surface area contributed by atoms with Gasteiger partial charge in [-0.05, 0) is 94.3 Å². The van der Waals surface area contributed by atoms with Gasteiger partial charge in [-0.25, -0.2) is 0 Å². The molecule has 5 saturated carbocycles. The summed E-state index contributed by atoms with van der Waals surface area (Å²) in [7, 11) is 0. The molecule has 2 bridgehead atoms. The van der Waals surface area contributed by atoms with Gasteiger partial charge in [0.1, 0.15) is 12.2 Å². The van der Waals surface area contributed by atoms with Crippen molar-refractivity contribution >= 4 is 11.9 Å². The van der Waals surface area contributed by atoms with Crippen LogP contribution in [0.2, 0.25) is 0 Å². The lowest BCUT2D eigenvalue weighted by atomic mass is 9.79. The zero-order chi connectivity index (χ0) is 18.4.